The molecular weight excluding hydrogens is 164 g/mol. The summed E-state index contributed by atoms with van der Waals surface area (Å²) in [5, 5.41) is 3.35. The van der Waals surface area contributed by atoms with Crippen molar-refractivity contribution in [2.45, 2.75) is 31.7 Å². The summed E-state index contributed by atoms with van der Waals surface area (Å²) in [7, 11) is 0. The van der Waals surface area contributed by atoms with Crippen LogP contribution in [-0.4, -0.2) is 42.9 Å². The molecule has 2 rings (SSSR count). The number of hydrogen-bond donors (Lipinski definition) is 1. The Morgan fingerprint density at radius 3 is 2.77 bits per heavy atom. The van der Waals surface area contributed by atoms with Crippen molar-refractivity contribution in [3.8, 4) is 0 Å². The molecule has 0 aliphatic carbocycles. The van der Waals surface area contributed by atoms with E-state index in [1.807, 2.05) is 0 Å². The molecule has 74 valence electrons. The average molecular weight is 182 g/mol. The van der Waals surface area contributed by atoms with E-state index in [1.54, 1.807) is 0 Å². The molecule has 0 saturated carbocycles. The lowest BCUT2D eigenvalue weighted by molar-refractivity contribution is -0.123. The maximum Gasteiger partial charge on any atom is 0.146 e. The number of ketones is 1. The number of piperidine rings is 2. The van der Waals surface area contributed by atoms with Crippen LogP contribution in [0.5, 0.6) is 0 Å². The molecule has 13 heavy (non-hydrogen) atoms. The van der Waals surface area contributed by atoms with E-state index in [9.17, 15) is 4.79 Å². The Kier molecular flexibility index (Phi) is 2.96. The Morgan fingerprint density at radius 1 is 1.31 bits per heavy atom. The van der Waals surface area contributed by atoms with Crippen LogP contribution in [0.1, 0.15) is 25.7 Å². The summed E-state index contributed by atoms with van der Waals surface area (Å²) in [6.45, 7) is 4.09. The van der Waals surface area contributed by atoms with Crippen LogP contribution in [0.15, 0.2) is 0 Å². The SMILES string of the molecule is O=C1CCCN(C2CCNCC2)C1. The van der Waals surface area contributed by atoms with Gasteiger partial charge < -0.3 is 5.32 Å². The first-order valence-corrected chi connectivity index (χ1v) is 5.33. The minimum atomic E-state index is 0.435. The van der Waals surface area contributed by atoms with E-state index < -0.39 is 0 Å². The largest absolute Gasteiger partial charge is 0.317 e. The second kappa shape index (κ2) is 4.20. The molecule has 0 aromatic carbocycles. The number of hydrogen-bond acceptors (Lipinski definition) is 3. The van der Waals surface area contributed by atoms with E-state index >= 15 is 0 Å². The van der Waals surface area contributed by atoms with Gasteiger partial charge in [-0.15, -0.1) is 0 Å². The third-order valence-corrected chi connectivity index (χ3v) is 3.11. The number of nitrogens with zero attached hydrogens (tertiary/aromatic N) is 1. The van der Waals surface area contributed by atoms with Gasteiger partial charge >= 0.3 is 0 Å². The van der Waals surface area contributed by atoms with E-state index in [1.165, 1.54) is 12.8 Å². The van der Waals surface area contributed by atoms with Gasteiger partial charge in [0, 0.05) is 12.5 Å². The van der Waals surface area contributed by atoms with E-state index in [0.29, 0.717) is 18.4 Å². The molecule has 2 aliphatic heterocycles. The number of Topliss-reactive ketones (excluding diaryl/α,β-unsaturated/α-hetero) is 1. The molecule has 2 aliphatic rings. The Bertz CT molecular complexity index is 187. The molecule has 2 fully saturated rings. The highest BCUT2D eigenvalue weighted by Crippen LogP contribution is 2.16. The van der Waals surface area contributed by atoms with Gasteiger partial charge in [-0.3, -0.25) is 9.69 Å². The second-order valence-electron chi connectivity index (χ2n) is 4.09. The lowest BCUT2D eigenvalue weighted by Crippen LogP contribution is -2.47. The van der Waals surface area contributed by atoms with Gasteiger partial charge in [-0.2, -0.15) is 0 Å². The lowest BCUT2D eigenvalue weighted by Gasteiger charge is -2.36. The molecule has 0 aromatic heterocycles. The van der Waals surface area contributed by atoms with E-state index in [2.05, 4.69) is 10.2 Å². The summed E-state index contributed by atoms with van der Waals surface area (Å²) >= 11 is 0. The van der Waals surface area contributed by atoms with Gasteiger partial charge in [-0.05, 0) is 38.9 Å². The number of carbonyl (C=O) groups excluding carboxylic acids is 1. The average Bonchev–Trinajstić information content (AvgIpc) is 2.19. The minimum Gasteiger partial charge on any atom is -0.317 e. The van der Waals surface area contributed by atoms with Gasteiger partial charge in [0.25, 0.3) is 0 Å². The van der Waals surface area contributed by atoms with Crippen molar-refractivity contribution >= 4 is 5.78 Å². The predicted molar refractivity (Wildman–Crippen MR) is 51.7 cm³/mol. The summed E-state index contributed by atoms with van der Waals surface area (Å²) in [4.78, 5) is 13.6. The molecule has 0 atom stereocenters. The Morgan fingerprint density at radius 2 is 2.08 bits per heavy atom. The van der Waals surface area contributed by atoms with Gasteiger partial charge in [0.15, 0.2) is 0 Å². The van der Waals surface area contributed by atoms with Gasteiger partial charge in [-0.25, -0.2) is 0 Å². The summed E-state index contributed by atoms with van der Waals surface area (Å²) in [6.07, 6.45) is 4.31. The number of rotatable bonds is 1. The molecule has 2 saturated heterocycles. The highest BCUT2D eigenvalue weighted by Gasteiger charge is 2.25. The maximum atomic E-state index is 11.3. The molecule has 0 spiro atoms. The molecule has 0 radical (unpaired) electrons. The monoisotopic (exact) mass is 182 g/mol. The van der Waals surface area contributed by atoms with E-state index in [-0.39, 0.29) is 0 Å². The highest BCUT2D eigenvalue weighted by atomic mass is 16.1. The van der Waals surface area contributed by atoms with Crippen LogP contribution in [0, 0.1) is 0 Å². The summed E-state index contributed by atoms with van der Waals surface area (Å²) in [6, 6.07) is 0.672. The maximum absolute atomic E-state index is 11.3. The van der Waals surface area contributed by atoms with Crippen molar-refractivity contribution < 1.29 is 4.79 Å². The molecule has 3 nitrogen and oxygen atoms in total. The van der Waals surface area contributed by atoms with Gasteiger partial charge in [0.05, 0.1) is 6.54 Å². The summed E-state index contributed by atoms with van der Waals surface area (Å²) < 4.78 is 0. The molecule has 0 bridgehead atoms. The minimum absolute atomic E-state index is 0.435. The number of likely N-dealkylation sites (tertiary alicyclic amines) is 1. The van der Waals surface area contributed by atoms with Gasteiger partial charge in [0.1, 0.15) is 5.78 Å². The molecule has 0 aromatic rings. The second-order valence-corrected chi connectivity index (χ2v) is 4.09. The molecule has 1 N–H and O–H groups in total. The molecule has 2 heterocycles. The summed E-state index contributed by atoms with van der Waals surface area (Å²) in [5.41, 5.74) is 0. The van der Waals surface area contributed by atoms with Crippen molar-refractivity contribution in [1.82, 2.24) is 10.2 Å². The zero-order chi connectivity index (χ0) is 9.10. The normalized spacial score (nSPS) is 27.8. The number of carbonyl (C=O) groups is 1. The van der Waals surface area contributed by atoms with E-state index in [0.717, 1.165) is 32.5 Å². The first-order chi connectivity index (χ1) is 6.36. The van der Waals surface area contributed by atoms with Crippen LogP contribution >= 0.6 is 0 Å². The van der Waals surface area contributed by atoms with Crippen LogP contribution in [-0.2, 0) is 4.79 Å². The first kappa shape index (κ1) is 9.16. The fourth-order valence-corrected chi connectivity index (χ4v) is 2.35. The fourth-order valence-electron chi connectivity index (χ4n) is 2.35. The lowest BCUT2D eigenvalue weighted by atomic mass is 10.0. The highest BCUT2D eigenvalue weighted by molar-refractivity contribution is 5.81. The predicted octanol–water partition coefficient (Wildman–Crippen LogP) is 0.403. The van der Waals surface area contributed by atoms with Gasteiger partial charge in [0.2, 0.25) is 0 Å². The molecular formula is C10H18N2O. The summed E-state index contributed by atoms with van der Waals surface area (Å²) in [5.74, 6) is 0.435. The standard InChI is InChI=1S/C10H18N2O/c13-10-2-1-7-12(8-10)9-3-5-11-6-4-9/h9,11H,1-8H2. The van der Waals surface area contributed by atoms with Crippen molar-refractivity contribution in [1.29, 1.82) is 0 Å². The van der Waals surface area contributed by atoms with Crippen LogP contribution in [0.4, 0.5) is 0 Å². The topological polar surface area (TPSA) is 32.3 Å². The molecule has 0 amide bonds. The third kappa shape index (κ3) is 2.29. The van der Waals surface area contributed by atoms with Crippen molar-refractivity contribution in [3.63, 3.8) is 0 Å². The van der Waals surface area contributed by atoms with Crippen molar-refractivity contribution in [2.24, 2.45) is 0 Å². The zero-order valence-electron chi connectivity index (χ0n) is 8.09. The van der Waals surface area contributed by atoms with Crippen LogP contribution in [0.2, 0.25) is 0 Å². The first-order valence-electron chi connectivity index (χ1n) is 5.33. The Hall–Kier alpha value is -0.410. The quantitative estimate of drug-likeness (QED) is 0.637. The van der Waals surface area contributed by atoms with Crippen molar-refractivity contribution in [2.75, 3.05) is 26.2 Å². The van der Waals surface area contributed by atoms with Gasteiger partial charge in [-0.1, -0.05) is 0 Å². The Balaban J connectivity index is 1.87. The van der Waals surface area contributed by atoms with Crippen LogP contribution < -0.4 is 5.32 Å². The van der Waals surface area contributed by atoms with Crippen LogP contribution in [0.25, 0.3) is 0 Å². The Labute approximate surface area is 79.5 Å². The van der Waals surface area contributed by atoms with E-state index in [4.69, 9.17) is 0 Å². The van der Waals surface area contributed by atoms with Crippen LogP contribution in [0.3, 0.4) is 0 Å². The zero-order valence-corrected chi connectivity index (χ0v) is 8.09. The molecule has 3 heteroatoms. The third-order valence-electron chi connectivity index (χ3n) is 3.11. The number of nitrogens with one attached hydrogen (secondary N) is 1. The van der Waals surface area contributed by atoms with Crippen molar-refractivity contribution in [3.05, 3.63) is 0 Å². The smallest absolute Gasteiger partial charge is 0.146 e. The molecule has 0 unspecified atom stereocenters. The fraction of sp³-hybridized carbons (Fsp3) is 0.900.